The molecule has 0 aliphatic rings. The normalized spacial score (nSPS) is 11.2. The van der Waals surface area contributed by atoms with E-state index in [-0.39, 0.29) is 21.2 Å². The average molecular weight is 437 g/mol. The molecule has 0 spiro atoms. The molecule has 29 heavy (non-hydrogen) atoms. The predicted octanol–water partition coefficient (Wildman–Crippen LogP) is 4.70. The predicted molar refractivity (Wildman–Crippen MR) is 108 cm³/mol. The van der Waals surface area contributed by atoms with Gasteiger partial charge in [-0.05, 0) is 42.5 Å². The summed E-state index contributed by atoms with van der Waals surface area (Å²) in [5, 5.41) is 2.24. The lowest BCUT2D eigenvalue weighted by Gasteiger charge is -2.20. The molecule has 0 aromatic heterocycles. The van der Waals surface area contributed by atoms with Crippen LogP contribution in [0.25, 0.3) is 0 Å². The number of amides is 1. The molecular formula is C20H15ClF2N2O3S. The summed E-state index contributed by atoms with van der Waals surface area (Å²) in [6, 6.07) is 14.7. The average Bonchev–Trinajstić information content (AvgIpc) is 2.70. The molecule has 0 aliphatic heterocycles. The number of nitrogens with zero attached hydrogens (tertiary/aromatic N) is 1. The van der Waals surface area contributed by atoms with Crippen molar-refractivity contribution in [2.45, 2.75) is 4.90 Å². The maximum absolute atomic E-state index is 13.8. The van der Waals surface area contributed by atoms with Gasteiger partial charge in [0.15, 0.2) is 0 Å². The van der Waals surface area contributed by atoms with Crippen LogP contribution in [0.3, 0.4) is 0 Å². The number of halogens is 3. The van der Waals surface area contributed by atoms with Crippen molar-refractivity contribution in [3.05, 3.63) is 89.0 Å². The van der Waals surface area contributed by atoms with E-state index in [1.54, 1.807) is 30.3 Å². The lowest BCUT2D eigenvalue weighted by molar-refractivity contribution is 0.102. The zero-order valence-electron chi connectivity index (χ0n) is 15.1. The minimum absolute atomic E-state index is 0.0219. The third-order valence-corrected chi connectivity index (χ3v) is 6.25. The summed E-state index contributed by atoms with van der Waals surface area (Å²) < 4.78 is 53.7. The second-order valence-electron chi connectivity index (χ2n) is 6.03. The Morgan fingerprint density at radius 2 is 1.69 bits per heavy atom. The second kappa shape index (κ2) is 8.18. The molecule has 0 bridgehead atoms. The Hall–Kier alpha value is -2.97. The van der Waals surface area contributed by atoms with Gasteiger partial charge in [-0.15, -0.1) is 0 Å². The first-order valence-corrected chi connectivity index (χ1v) is 10.1. The van der Waals surface area contributed by atoms with Crippen LogP contribution in [0.15, 0.2) is 71.6 Å². The fraction of sp³-hybridized carbons (Fsp3) is 0.0500. The molecule has 0 aliphatic carbocycles. The Morgan fingerprint density at radius 3 is 2.34 bits per heavy atom. The van der Waals surface area contributed by atoms with Gasteiger partial charge in [0.1, 0.15) is 11.6 Å². The third kappa shape index (κ3) is 4.38. The smallest absolute Gasteiger partial charge is 0.264 e. The first-order valence-electron chi connectivity index (χ1n) is 8.30. The molecular weight excluding hydrogens is 422 g/mol. The number of anilines is 2. The monoisotopic (exact) mass is 436 g/mol. The quantitative estimate of drug-likeness (QED) is 0.630. The fourth-order valence-electron chi connectivity index (χ4n) is 2.55. The highest BCUT2D eigenvalue weighted by Crippen LogP contribution is 2.26. The van der Waals surface area contributed by atoms with Crippen LogP contribution < -0.4 is 9.62 Å². The number of carbonyl (C=O) groups is 1. The van der Waals surface area contributed by atoms with E-state index in [0.29, 0.717) is 11.8 Å². The van der Waals surface area contributed by atoms with Crippen molar-refractivity contribution in [2.24, 2.45) is 0 Å². The Labute approximate surface area is 171 Å². The van der Waals surface area contributed by atoms with Crippen molar-refractivity contribution in [1.82, 2.24) is 0 Å². The van der Waals surface area contributed by atoms with E-state index in [0.717, 1.165) is 22.5 Å². The summed E-state index contributed by atoms with van der Waals surface area (Å²) in [6.07, 6.45) is 0. The van der Waals surface area contributed by atoms with E-state index in [1.807, 2.05) is 0 Å². The van der Waals surface area contributed by atoms with E-state index < -0.39 is 27.6 Å². The molecule has 0 atom stereocenters. The van der Waals surface area contributed by atoms with Gasteiger partial charge in [0.2, 0.25) is 0 Å². The Balaban J connectivity index is 1.94. The van der Waals surface area contributed by atoms with E-state index in [9.17, 15) is 22.0 Å². The maximum Gasteiger partial charge on any atom is 0.264 e. The Morgan fingerprint density at radius 1 is 1.00 bits per heavy atom. The van der Waals surface area contributed by atoms with Crippen LogP contribution in [0.4, 0.5) is 20.2 Å². The molecule has 5 nitrogen and oxygen atoms in total. The molecule has 1 N–H and O–H groups in total. The lowest BCUT2D eigenvalue weighted by atomic mass is 10.2. The highest BCUT2D eigenvalue weighted by molar-refractivity contribution is 7.92. The lowest BCUT2D eigenvalue weighted by Crippen LogP contribution is -2.27. The van der Waals surface area contributed by atoms with E-state index in [1.165, 1.54) is 19.2 Å². The van der Waals surface area contributed by atoms with Crippen LogP contribution in [0.2, 0.25) is 5.02 Å². The molecule has 1 amide bonds. The molecule has 0 saturated carbocycles. The molecule has 3 aromatic rings. The van der Waals surface area contributed by atoms with E-state index in [4.69, 9.17) is 11.6 Å². The van der Waals surface area contributed by atoms with Crippen molar-refractivity contribution in [2.75, 3.05) is 16.7 Å². The van der Waals surface area contributed by atoms with Gasteiger partial charge >= 0.3 is 0 Å². The summed E-state index contributed by atoms with van der Waals surface area (Å²) in [4.78, 5) is 12.4. The topological polar surface area (TPSA) is 66.5 Å². The fourth-order valence-corrected chi connectivity index (χ4v) is 3.98. The molecule has 150 valence electrons. The number of benzene rings is 3. The second-order valence-corrected chi connectivity index (χ2v) is 8.40. The minimum atomic E-state index is -3.98. The van der Waals surface area contributed by atoms with Crippen LogP contribution in [0.5, 0.6) is 0 Å². The standard InChI is InChI=1S/C20H15ClF2N2O3S/c1-25(14-5-3-2-4-6-14)29(27,28)15-8-9-17(21)16(12-15)20(26)24-19-10-7-13(22)11-18(19)23/h2-12H,1H3,(H,24,26). The van der Waals surface area contributed by atoms with Crippen molar-refractivity contribution in [3.63, 3.8) is 0 Å². The number of hydrogen-bond acceptors (Lipinski definition) is 3. The van der Waals surface area contributed by atoms with Gasteiger partial charge in [-0.1, -0.05) is 29.8 Å². The van der Waals surface area contributed by atoms with Gasteiger partial charge < -0.3 is 5.32 Å². The molecule has 3 rings (SSSR count). The number of nitrogens with one attached hydrogen (secondary N) is 1. The number of para-hydroxylation sites is 1. The summed E-state index contributed by atoms with van der Waals surface area (Å²) in [7, 11) is -2.60. The van der Waals surface area contributed by atoms with Crippen LogP contribution in [0, 0.1) is 11.6 Å². The van der Waals surface area contributed by atoms with Crippen LogP contribution in [0.1, 0.15) is 10.4 Å². The summed E-state index contributed by atoms with van der Waals surface area (Å²) in [5.41, 5.74) is 0.00175. The first-order chi connectivity index (χ1) is 13.7. The zero-order valence-corrected chi connectivity index (χ0v) is 16.6. The molecule has 0 saturated heterocycles. The highest BCUT2D eigenvalue weighted by Gasteiger charge is 2.24. The summed E-state index contributed by atoms with van der Waals surface area (Å²) in [6.45, 7) is 0. The van der Waals surface area contributed by atoms with Gasteiger partial charge in [0.25, 0.3) is 15.9 Å². The van der Waals surface area contributed by atoms with Crippen LogP contribution >= 0.6 is 11.6 Å². The van der Waals surface area contributed by atoms with Gasteiger partial charge in [0, 0.05) is 13.1 Å². The van der Waals surface area contributed by atoms with Crippen molar-refractivity contribution >= 4 is 38.9 Å². The number of rotatable bonds is 5. The molecule has 0 radical (unpaired) electrons. The first kappa shape index (κ1) is 20.8. The molecule has 0 fully saturated rings. The van der Waals surface area contributed by atoms with Crippen molar-refractivity contribution < 1.29 is 22.0 Å². The molecule has 3 aromatic carbocycles. The van der Waals surface area contributed by atoms with Gasteiger partial charge in [0.05, 0.1) is 26.9 Å². The zero-order chi connectivity index (χ0) is 21.2. The largest absolute Gasteiger partial charge is 0.319 e. The number of hydrogen-bond donors (Lipinski definition) is 1. The molecule has 0 heterocycles. The summed E-state index contributed by atoms with van der Waals surface area (Å²) in [5.74, 6) is -2.60. The van der Waals surface area contributed by atoms with E-state index in [2.05, 4.69) is 5.32 Å². The Kier molecular flexibility index (Phi) is 5.86. The van der Waals surface area contributed by atoms with Crippen molar-refractivity contribution in [1.29, 1.82) is 0 Å². The van der Waals surface area contributed by atoms with Crippen LogP contribution in [-0.2, 0) is 10.0 Å². The summed E-state index contributed by atoms with van der Waals surface area (Å²) >= 11 is 6.05. The van der Waals surface area contributed by atoms with Gasteiger partial charge in [-0.25, -0.2) is 17.2 Å². The van der Waals surface area contributed by atoms with E-state index >= 15 is 0 Å². The third-order valence-electron chi connectivity index (χ3n) is 4.14. The highest BCUT2D eigenvalue weighted by atomic mass is 35.5. The Bertz CT molecular complexity index is 1170. The number of sulfonamides is 1. The van der Waals surface area contributed by atoms with Crippen LogP contribution in [-0.4, -0.2) is 21.4 Å². The minimum Gasteiger partial charge on any atom is -0.319 e. The molecule has 9 heteroatoms. The van der Waals surface area contributed by atoms with Gasteiger partial charge in [-0.2, -0.15) is 0 Å². The SMILES string of the molecule is CN(c1ccccc1)S(=O)(=O)c1ccc(Cl)c(C(=O)Nc2ccc(F)cc2F)c1. The van der Waals surface area contributed by atoms with Crippen molar-refractivity contribution in [3.8, 4) is 0 Å². The number of carbonyl (C=O) groups excluding carboxylic acids is 1. The molecule has 0 unspecified atom stereocenters. The van der Waals surface area contributed by atoms with Gasteiger partial charge in [-0.3, -0.25) is 9.10 Å². The maximum atomic E-state index is 13.8.